The number of methoxy groups -OCH3 is 1. The van der Waals surface area contributed by atoms with E-state index < -0.39 is 5.56 Å². The maximum atomic E-state index is 12.3. The smallest absolute Gasteiger partial charge is 0.264 e. The zero-order chi connectivity index (χ0) is 19.2. The van der Waals surface area contributed by atoms with Crippen molar-refractivity contribution in [2.24, 2.45) is 4.99 Å². The second kappa shape index (κ2) is 8.96. The minimum Gasteiger partial charge on any atom is -0.495 e. The molecule has 0 aliphatic carbocycles. The number of aromatic nitrogens is 2. The highest BCUT2D eigenvalue weighted by Crippen LogP contribution is 2.26. The molecule has 0 bridgehead atoms. The first-order valence-corrected chi connectivity index (χ1v) is 9.46. The second-order valence-corrected chi connectivity index (χ2v) is 6.83. The highest BCUT2D eigenvalue weighted by Gasteiger charge is 2.15. The molecule has 1 aromatic carbocycles. The van der Waals surface area contributed by atoms with E-state index in [-0.39, 0.29) is 16.2 Å². The lowest BCUT2D eigenvalue weighted by molar-refractivity contribution is 0.235. The molecular weight excluding hydrogens is 364 g/mol. The van der Waals surface area contributed by atoms with Gasteiger partial charge in [-0.3, -0.25) is 19.3 Å². The molecule has 0 amide bonds. The number of H-pyrrole nitrogens is 1. The summed E-state index contributed by atoms with van der Waals surface area (Å²) in [6.07, 6.45) is 5.16. The molecule has 144 valence electrons. The molecule has 1 aliphatic rings. The molecule has 7 nitrogen and oxygen atoms in total. The standard InChI is InChI=1S/C19H24N4O3S/c1-26-16-8-4-3-7-15(16)23-18(25)14(17(24)21-19(23)27)13-20-9-12-22-10-5-2-6-11-22/h3-4,7-8,13,25H,2,5-6,9-12H2,1H3,(H,21,24,27). The fourth-order valence-corrected chi connectivity index (χ4v) is 3.51. The molecule has 0 saturated carbocycles. The van der Waals surface area contributed by atoms with Crippen LogP contribution in [0.3, 0.4) is 0 Å². The van der Waals surface area contributed by atoms with E-state index in [1.54, 1.807) is 18.2 Å². The summed E-state index contributed by atoms with van der Waals surface area (Å²) in [6, 6.07) is 7.13. The number of aromatic amines is 1. The number of aliphatic imine (C=N–C) groups is 1. The van der Waals surface area contributed by atoms with Crippen LogP contribution in [0, 0.1) is 4.77 Å². The number of benzene rings is 1. The Labute approximate surface area is 162 Å². The Morgan fingerprint density at radius 3 is 2.78 bits per heavy atom. The molecule has 8 heteroatoms. The topological polar surface area (TPSA) is 82.8 Å². The van der Waals surface area contributed by atoms with Crippen LogP contribution in [0.15, 0.2) is 34.1 Å². The molecule has 0 unspecified atom stereocenters. The van der Waals surface area contributed by atoms with E-state index in [4.69, 9.17) is 17.0 Å². The summed E-state index contributed by atoms with van der Waals surface area (Å²) in [4.78, 5) is 21.6. The van der Waals surface area contributed by atoms with Crippen molar-refractivity contribution < 1.29 is 9.84 Å². The average Bonchev–Trinajstić information content (AvgIpc) is 2.68. The molecule has 1 aromatic heterocycles. The van der Waals surface area contributed by atoms with Crippen LogP contribution in [0.1, 0.15) is 24.8 Å². The third-order valence-electron chi connectivity index (χ3n) is 4.66. The predicted octanol–water partition coefficient (Wildman–Crippen LogP) is 2.51. The van der Waals surface area contributed by atoms with Crippen molar-refractivity contribution in [3.63, 3.8) is 0 Å². The summed E-state index contributed by atoms with van der Waals surface area (Å²) in [5.41, 5.74) is 0.153. The molecule has 27 heavy (non-hydrogen) atoms. The highest BCUT2D eigenvalue weighted by molar-refractivity contribution is 7.71. The summed E-state index contributed by atoms with van der Waals surface area (Å²) in [6.45, 7) is 3.61. The number of likely N-dealkylation sites (tertiary alicyclic amines) is 1. The Balaban J connectivity index is 1.87. The quantitative estimate of drug-likeness (QED) is 0.587. The molecule has 1 fully saturated rings. The largest absolute Gasteiger partial charge is 0.495 e. The molecule has 2 N–H and O–H groups in total. The van der Waals surface area contributed by atoms with Gasteiger partial charge in [-0.2, -0.15) is 0 Å². The van der Waals surface area contributed by atoms with Gasteiger partial charge in [-0.05, 0) is 50.3 Å². The van der Waals surface area contributed by atoms with Crippen LogP contribution >= 0.6 is 12.2 Å². The number of nitrogens with zero attached hydrogens (tertiary/aromatic N) is 3. The van der Waals surface area contributed by atoms with E-state index in [9.17, 15) is 9.90 Å². The first kappa shape index (κ1) is 19.3. The van der Waals surface area contributed by atoms with Gasteiger partial charge in [0.25, 0.3) is 5.56 Å². The third kappa shape index (κ3) is 4.45. The maximum absolute atomic E-state index is 12.3. The zero-order valence-corrected chi connectivity index (χ0v) is 16.2. The SMILES string of the molecule is COc1ccccc1-n1c(O)c(C=NCCN2CCCCC2)c(=O)[nH]c1=S. The summed E-state index contributed by atoms with van der Waals surface area (Å²) in [5.74, 6) is 0.277. The van der Waals surface area contributed by atoms with Crippen molar-refractivity contribution >= 4 is 18.4 Å². The zero-order valence-electron chi connectivity index (χ0n) is 15.4. The molecule has 0 radical (unpaired) electrons. The Kier molecular flexibility index (Phi) is 6.41. The third-order valence-corrected chi connectivity index (χ3v) is 4.95. The lowest BCUT2D eigenvalue weighted by Gasteiger charge is -2.25. The van der Waals surface area contributed by atoms with Crippen molar-refractivity contribution in [1.82, 2.24) is 14.5 Å². The first-order chi connectivity index (χ1) is 13.1. The molecular formula is C19H24N4O3S. The molecule has 2 aromatic rings. The molecule has 2 heterocycles. The fraction of sp³-hybridized carbons (Fsp3) is 0.421. The van der Waals surface area contributed by atoms with Gasteiger partial charge >= 0.3 is 0 Å². The number of ether oxygens (including phenoxy) is 1. The monoisotopic (exact) mass is 388 g/mol. The normalized spacial score (nSPS) is 15.3. The van der Waals surface area contributed by atoms with Gasteiger partial charge in [0.1, 0.15) is 11.3 Å². The van der Waals surface area contributed by atoms with Gasteiger partial charge in [0.15, 0.2) is 4.77 Å². The van der Waals surface area contributed by atoms with Crippen molar-refractivity contribution in [2.45, 2.75) is 19.3 Å². The van der Waals surface area contributed by atoms with Gasteiger partial charge in [0, 0.05) is 12.8 Å². The molecule has 1 saturated heterocycles. The summed E-state index contributed by atoms with van der Waals surface area (Å²) in [5, 5.41) is 10.7. The first-order valence-electron chi connectivity index (χ1n) is 9.05. The van der Waals surface area contributed by atoms with Crippen LogP contribution in [0.5, 0.6) is 11.6 Å². The number of hydrogen-bond donors (Lipinski definition) is 2. The van der Waals surface area contributed by atoms with Crippen LogP contribution in [-0.2, 0) is 0 Å². The van der Waals surface area contributed by atoms with Gasteiger partial charge in [-0.25, -0.2) is 0 Å². The van der Waals surface area contributed by atoms with E-state index in [1.165, 1.54) is 37.2 Å². The number of nitrogens with one attached hydrogen (secondary N) is 1. The minimum absolute atomic E-state index is 0.0770. The molecule has 0 spiro atoms. The highest BCUT2D eigenvalue weighted by atomic mass is 32.1. The van der Waals surface area contributed by atoms with Gasteiger partial charge in [0.2, 0.25) is 5.88 Å². The van der Waals surface area contributed by atoms with Gasteiger partial charge < -0.3 is 14.7 Å². The lowest BCUT2D eigenvalue weighted by atomic mass is 10.1. The van der Waals surface area contributed by atoms with Crippen LogP contribution in [-0.4, -0.2) is 59.1 Å². The average molecular weight is 388 g/mol. The Bertz CT molecular complexity index is 929. The Hall–Kier alpha value is -2.45. The maximum Gasteiger partial charge on any atom is 0.264 e. The van der Waals surface area contributed by atoms with Crippen molar-refractivity contribution in [1.29, 1.82) is 0 Å². The Morgan fingerprint density at radius 2 is 2.04 bits per heavy atom. The van der Waals surface area contributed by atoms with Crippen molar-refractivity contribution in [3.8, 4) is 17.3 Å². The van der Waals surface area contributed by atoms with E-state index in [2.05, 4.69) is 14.9 Å². The van der Waals surface area contributed by atoms with Crippen molar-refractivity contribution in [2.75, 3.05) is 33.3 Å². The molecule has 1 aliphatic heterocycles. The van der Waals surface area contributed by atoms with Crippen LogP contribution in [0.25, 0.3) is 5.69 Å². The van der Waals surface area contributed by atoms with Crippen molar-refractivity contribution in [3.05, 3.63) is 45.0 Å². The van der Waals surface area contributed by atoms with E-state index in [0.717, 1.165) is 19.6 Å². The number of piperidine rings is 1. The van der Waals surface area contributed by atoms with E-state index in [0.29, 0.717) is 18.0 Å². The predicted molar refractivity (Wildman–Crippen MR) is 108 cm³/mol. The minimum atomic E-state index is -0.467. The van der Waals surface area contributed by atoms with Crippen LogP contribution in [0.2, 0.25) is 0 Å². The molecule has 3 rings (SSSR count). The van der Waals surface area contributed by atoms with E-state index in [1.807, 2.05) is 6.07 Å². The number of hydrogen-bond acceptors (Lipinski definition) is 6. The Morgan fingerprint density at radius 1 is 1.30 bits per heavy atom. The number of para-hydroxylation sites is 2. The molecule has 0 atom stereocenters. The van der Waals surface area contributed by atoms with Gasteiger partial charge in [-0.15, -0.1) is 0 Å². The summed E-state index contributed by atoms with van der Waals surface area (Å²) in [7, 11) is 1.54. The van der Waals surface area contributed by atoms with E-state index >= 15 is 0 Å². The number of rotatable bonds is 6. The summed E-state index contributed by atoms with van der Waals surface area (Å²) < 4.78 is 6.80. The van der Waals surface area contributed by atoms with Crippen LogP contribution < -0.4 is 10.3 Å². The van der Waals surface area contributed by atoms with Gasteiger partial charge in [0.05, 0.1) is 19.3 Å². The lowest BCUT2D eigenvalue weighted by Crippen LogP contribution is -2.31. The number of aromatic hydroxyl groups is 1. The fourth-order valence-electron chi connectivity index (χ4n) is 3.23. The summed E-state index contributed by atoms with van der Waals surface area (Å²) >= 11 is 5.24. The van der Waals surface area contributed by atoms with Crippen LogP contribution in [0.4, 0.5) is 0 Å². The second-order valence-electron chi connectivity index (χ2n) is 6.44. The van der Waals surface area contributed by atoms with Gasteiger partial charge in [-0.1, -0.05) is 18.6 Å².